The van der Waals surface area contributed by atoms with Gasteiger partial charge in [0.05, 0.1) is 11.7 Å². The molecule has 0 aliphatic carbocycles. The van der Waals surface area contributed by atoms with Crippen molar-refractivity contribution in [1.82, 2.24) is 20.0 Å². The first-order valence-corrected chi connectivity index (χ1v) is 10.5. The average molecular weight is 423 g/mol. The standard InChI is InChI=1S/C23H23FN4OS/c1-27(2)21(18-14-30-22-7-5-4-6-17(18)22)13-25-23(29)20-12-19(26-28(20)3)15-8-10-16(24)11-9-15/h4-12,14,21H,13H2,1-3H3,(H,25,29)/t21-/m0/s1. The normalized spacial score (nSPS) is 12.4. The van der Waals surface area contributed by atoms with Crippen LogP contribution < -0.4 is 5.32 Å². The predicted molar refractivity (Wildman–Crippen MR) is 119 cm³/mol. The molecule has 4 aromatic rings. The van der Waals surface area contributed by atoms with E-state index in [0.717, 1.165) is 5.56 Å². The van der Waals surface area contributed by atoms with Crippen molar-refractivity contribution >= 4 is 27.3 Å². The van der Waals surface area contributed by atoms with Crippen LogP contribution in [0.15, 0.2) is 60.0 Å². The highest BCUT2D eigenvalue weighted by Crippen LogP contribution is 2.32. The zero-order chi connectivity index (χ0) is 21.3. The topological polar surface area (TPSA) is 50.2 Å². The van der Waals surface area contributed by atoms with Crippen molar-refractivity contribution < 1.29 is 9.18 Å². The van der Waals surface area contributed by atoms with Crippen molar-refractivity contribution in [3.05, 3.63) is 77.1 Å². The molecule has 1 amide bonds. The second-order valence-corrected chi connectivity index (χ2v) is 8.33. The monoisotopic (exact) mass is 422 g/mol. The molecule has 0 bridgehead atoms. The van der Waals surface area contributed by atoms with E-state index in [9.17, 15) is 9.18 Å². The molecule has 0 saturated heterocycles. The van der Waals surface area contributed by atoms with Crippen LogP contribution in [0.25, 0.3) is 21.3 Å². The summed E-state index contributed by atoms with van der Waals surface area (Å²) in [5, 5.41) is 10.8. The Hall–Kier alpha value is -3.03. The minimum Gasteiger partial charge on any atom is -0.349 e. The summed E-state index contributed by atoms with van der Waals surface area (Å²) >= 11 is 1.71. The van der Waals surface area contributed by atoms with Crippen LogP contribution in [0, 0.1) is 5.82 Å². The van der Waals surface area contributed by atoms with Crippen molar-refractivity contribution in [2.75, 3.05) is 20.6 Å². The van der Waals surface area contributed by atoms with Gasteiger partial charge in [-0.1, -0.05) is 18.2 Å². The summed E-state index contributed by atoms with van der Waals surface area (Å²) in [6.07, 6.45) is 0. The molecule has 5 nitrogen and oxygen atoms in total. The third-order valence-corrected chi connectivity index (χ3v) is 6.18. The summed E-state index contributed by atoms with van der Waals surface area (Å²) in [6, 6.07) is 16.2. The smallest absolute Gasteiger partial charge is 0.269 e. The predicted octanol–water partition coefficient (Wildman–Crippen LogP) is 4.47. The Balaban J connectivity index is 1.52. The zero-order valence-electron chi connectivity index (χ0n) is 17.1. The summed E-state index contributed by atoms with van der Waals surface area (Å²) in [6.45, 7) is 0.476. The van der Waals surface area contributed by atoms with Gasteiger partial charge in [0.1, 0.15) is 11.5 Å². The molecular weight excluding hydrogens is 399 g/mol. The van der Waals surface area contributed by atoms with Gasteiger partial charge in [0.15, 0.2) is 0 Å². The molecule has 7 heteroatoms. The van der Waals surface area contributed by atoms with Crippen LogP contribution in [-0.2, 0) is 7.05 Å². The van der Waals surface area contributed by atoms with Crippen molar-refractivity contribution in [2.24, 2.45) is 7.05 Å². The molecule has 154 valence electrons. The maximum atomic E-state index is 13.2. The van der Waals surface area contributed by atoms with E-state index in [-0.39, 0.29) is 17.8 Å². The number of rotatable bonds is 6. The molecule has 0 spiro atoms. The Morgan fingerprint density at radius 3 is 2.67 bits per heavy atom. The molecule has 0 unspecified atom stereocenters. The van der Waals surface area contributed by atoms with E-state index < -0.39 is 0 Å². The molecule has 2 aromatic heterocycles. The lowest BCUT2D eigenvalue weighted by molar-refractivity contribution is 0.0932. The second-order valence-electron chi connectivity index (χ2n) is 7.42. The number of hydrogen-bond acceptors (Lipinski definition) is 4. The van der Waals surface area contributed by atoms with Crippen LogP contribution in [0.2, 0.25) is 0 Å². The molecular formula is C23H23FN4OS. The number of aromatic nitrogens is 2. The minimum absolute atomic E-state index is 0.0508. The summed E-state index contributed by atoms with van der Waals surface area (Å²) in [5.41, 5.74) is 3.07. The van der Waals surface area contributed by atoms with E-state index in [4.69, 9.17) is 0 Å². The first-order valence-electron chi connectivity index (χ1n) is 9.65. The molecule has 0 saturated carbocycles. The third-order valence-electron chi connectivity index (χ3n) is 5.20. The number of halogens is 1. The van der Waals surface area contributed by atoms with Crippen molar-refractivity contribution in [2.45, 2.75) is 6.04 Å². The molecule has 0 aliphatic heterocycles. The number of carbonyl (C=O) groups excluding carboxylic acids is 1. The average Bonchev–Trinajstić information content (AvgIpc) is 3.32. The molecule has 4 rings (SSSR count). The van der Waals surface area contributed by atoms with E-state index in [1.165, 1.54) is 27.8 Å². The van der Waals surface area contributed by atoms with Crippen LogP contribution in [0.1, 0.15) is 22.1 Å². The van der Waals surface area contributed by atoms with Gasteiger partial charge in [-0.05, 0) is 66.8 Å². The number of fused-ring (bicyclic) bond motifs is 1. The summed E-state index contributed by atoms with van der Waals surface area (Å²) in [5.74, 6) is -0.493. The summed E-state index contributed by atoms with van der Waals surface area (Å²) in [4.78, 5) is 15.0. The van der Waals surface area contributed by atoms with Crippen molar-refractivity contribution in [3.63, 3.8) is 0 Å². The van der Waals surface area contributed by atoms with E-state index >= 15 is 0 Å². The molecule has 30 heavy (non-hydrogen) atoms. The van der Waals surface area contributed by atoms with Gasteiger partial charge < -0.3 is 10.2 Å². The van der Waals surface area contributed by atoms with E-state index in [0.29, 0.717) is 17.9 Å². The lowest BCUT2D eigenvalue weighted by atomic mass is 10.0. The number of benzene rings is 2. The fraction of sp³-hybridized carbons (Fsp3) is 0.217. The first kappa shape index (κ1) is 20.3. The Labute approximate surface area is 178 Å². The number of amides is 1. The first-order chi connectivity index (χ1) is 14.4. The number of hydrogen-bond donors (Lipinski definition) is 1. The Bertz CT molecular complexity index is 1180. The molecule has 0 fully saturated rings. The van der Waals surface area contributed by atoms with E-state index in [1.54, 1.807) is 41.3 Å². The number of nitrogens with one attached hydrogen (secondary N) is 1. The van der Waals surface area contributed by atoms with Gasteiger partial charge in [-0.2, -0.15) is 5.10 Å². The van der Waals surface area contributed by atoms with E-state index in [1.807, 2.05) is 26.2 Å². The zero-order valence-corrected chi connectivity index (χ0v) is 17.9. The molecule has 0 aliphatic rings. The molecule has 2 heterocycles. The van der Waals surface area contributed by atoms with Crippen LogP contribution >= 0.6 is 11.3 Å². The van der Waals surface area contributed by atoms with Gasteiger partial charge >= 0.3 is 0 Å². The number of nitrogens with zero attached hydrogens (tertiary/aromatic N) is 3. The van der Waals surface area contributed by atoms with Crippen LogP contribution in [0.4, 0.5) is 4.39 Å². The van der Waals surface area contributed by atoms with Gasteiger partial charge in [0.2, 0.25) is 0 Å². The number of carbonyl (C=O) groups is 1. The Morgan fingerprint density at radius 2 is 1.93 bits per heavy atom. The molecule has 1 N–H and O–H groups in total. The van der Waals surface area contributed by atoms with Crippen LogP contribution in [0.3, 0.4) is 0 Å². The molecule has 2 aromatic carbocycles. The molecule has 1 atom stereocenters. The fourth-order valence-corrected chi connectivity index (χ4v) is 4.56. The fourth-order valence-electron chi connectivity index (χ4n) is 3.55. The van der Waals surface area contributed by atoms with Gasteiger partial charge in [-0.3, -0.25) is 9.48 Å². The van der Waals surface area contributed by atoms with Gasteiger partial charge in [-0.25, -0.2) is 4.39 Å². The maximum Gasteiger partial charge on any atom is 0.269 e. The summed E-state index contributed by atoms with van der Waals surface area (Å²) < 4.78 is 16.0. The van der Waals surface area contributed by atoms with E-state index in [2.05, 4.69) is 32.8 Å². The largest absolute Gasteiger partial charge is 0.349 e. The highest BCUT2D eigenvalue weighted by molar-refractivity contribution is 7.17. The van der Waals surface area contributed by atoms with Gasteiger partial charge in [0, 0.05) is 23.9 Å². The second kappa shape index (κ2) is 8.38. The lowest BCUT2D eigenvalue weighted by Gasteiger charge is -2.24. The number of thiophene rings is 1. The highest BCUT2D eigenvalue weighted by Gasteiger charge is 2.21. The van der Waals surface area contributed by atoms with Gasteiger partial charge in [-0.15, -0.1) is 11.3 Å². The minimum atomic E-state index is -0.302. The summed E-state index contributed by atoms with van der Waals surface area (Å²) in [7, 11) is 5.76. The Kier molecular flexibility index (Phi) is 5.65. The third kappa shape index (κ3) is 3.99. The van der Waals surface area contributed by atoms with Crippen molar-refractivity contribution in [1.29, 1.82) is 0 Å². The highest BCUT2D eigenvalue weighted by atomic mass is 32.1. The lowest BCUT2D eigenvalue weighted by Crippen LogP contribution is -2.35. The SMILES string of the molecule is CN(C)[C@@H](CNC(=O)c1cc(-c2ccc(F)cc2)nn1C)c1csc2ccccc12. The number of aryl methyl sites for hydroxylation is 1. The Morgan fingerprint density at radius 1 is 1.20 bits per heavy atom. The maximum absolute atomic E-state index is 13.2. The quantitative estimate of drug-likeness (QED) is 0.499. The number of likely N-dealkylation sites (N-methyl/N-ethyl adjacent to an activating group) is 1. The van der Waals surface area contributed by atoms with Gasteiger partial charge in [0.25, 0.3) is 5.91 Å². The van der Waals surface area contributed by atoms with Crippen molar-refractivity contribution in [3.8, 4) is 11.3 Å². The molecule has 0 radical (unpaired) electrons. The van der Waals surface area contributed by atoms with Crippen LogP contribution in [0.5, 0.6) is 0 Å². The van der Waals surface area contributed by atoms with Crippen LogP contribution in [-0.4, -0.2) is 41.2 Å².